The van der Waals surface area contributed by atoms with Gasteiger partial charge in [0.05, 0.1) is 17.3 Å². The van der Waals surface area contributed by atoms with Gasteiger partial charge >= 0.3 is 16.5 Å². The van der Waals surface area contributed by atoms with Gasteiger partial charge in [0.2, 0.25) is 23.7 Å². The van der Waals surface area contributed by atoms with E-state index in [4.69, 9.17) is 16.0 Å². The number of nitrogens with one attached hydrogen (secondary N) is 1. The molecule has 0 fully saturated rings. The zero-order valence-electron chi connectivity index (χ0n) is 27.8. The number of sulfone groups is 1. The Balaban J connectivity index is 1.67. The molecule has 0 spiro atoms. The van der Waals surface area contributed by atoms with Crippen LogP contribution in [0.2, 0.25) is 0 Å². The van der Waals surface area contributed by atoms with Crippen molar-refractivity contribution in [2.75, 3.05) is 35.7 Å². The smallest absolute Gasteiger partial charge is 0.397 e. The number of aromatic hydroxyl groups is 2. The number of hydrogen-bond acceptors (Lipinski definition) is 16. The second-order valence-electron chi connectivity index (χ2n) is 11.2. The molecule has 8 N–H and O–H groups in total. The number of aromatic nitrogens is 5. The van der Waals surface area contributed by atoms with Crippen molar-refractivity contribution in [1.29, 1.82) is 0 Å². The Bertz CT molecular complexity index is 2330. The second kappa shape index (κ2) is 15.7. The maximum atomic E-state index is 14.9. The molecule has 24 heteroatoms. The summed E-state index contributed by atoms with van der Waals surface area (Å²) in [6, 6.07) is 6.90. The molecule has 0 aliphatic carbocycles. The molecular formula is C29H32FN9O12S2. The van der Waals surface area contributed by atoms with Gasteiger partial charge in [0, 0.05) is 44.0 Å². The van der Waals surface area contributed by atoms with Crippen LogP contribution in [0, 0.1) is 19.9 Å². The van der Waals surface area contributed by atoms with Crippen LogP contribution in [0.4, 0.5) is 22.0 Å². The van der Waals surface area contributed by atoms with E-state index in [9.17, 15) is 50.6 Å². The van der Waals surface area contributed by atoms with Crippen LogP contribution in [0.5, 0.6) is 11.8 Å². The van der Waals surface area contributed by atoms with Crippen LogP contribution in [-0.2, 0) is 37.5 Å². The van der Waals surface area contributed by atoms with Crippen LogP contribution in [0.1, 0.15) is 31.8 Å². The number of amides is 2. The molecule has 0 saturated carbocycles. The van der Waals surface area contributed by atoms with Crippen LogP contribution in [-0.4, -0.2) is 93.0 Å². The summed E-state index contributed by atoms with van der Waals surface area (Å²) in [6.45, 7) is 0.550. The molecule has 4 aromatic rings. The largest absolute Gasteiger partial charge is 0.494 e. The van der Waals surface area contributed by atoms with Crippen molar-refractivity contribution in [2.24, 2.45) is 11.5 Å². The molecule has 0 atom stereocenters. The average Bonchev–Trinajstić information content (AvgIpc) is 3.02. The Morgan fingerprint density at radius 3 is 1.81 bits per heavy atom. The van der Waals surface area contributed by atoms with E-state index in [0.717, 1.165) is 33.4 Å². The van der Waals surface area contributed by atoms with E-state index in [1.807, 2.05) is 0 Å². The van der Waals surface area contributed by atoms with E-state index in [2.05, 4.69) is 24.5 Å². The zero-order chi connectivity index (χ0) is 39.4. The number of aryl methyl sites for hydroxylation is 2. The first-order valence-electron chi connectivity index (χ1n) is 15.0. The first-order valence-corrected chi connectivity index (χ1v) is 18.0. The summed E-state index contributed by atoms with van der Waals surface area (Å²) in [7, 11) is -8.91. The molecule has 2 amide bonds. The highest BCUT2D eigenvalue weighted by molar-refractivity contribution is 7.91. The van der Waals surface area contributed by atoms with Gasteiger partial charge in [0.25, 0.3) is 22.9 Å². The lowest BCUT2D eigenvalue weighted by Crippen LogP contribution is -2.37. The van der Waals surface area contributed by atoms with Gasteiger partial charge in [-0.15, -0.1) is 0 Å². The molecule has 0 aliphatic rings. The van der Waals surface area contributed by atoms with Crippen molar-refractivity contribution in [1.82, 2.24) is 24.1 Å². The lowest BCUT2D eigenvalue weighted by molar-refractivity contribution is 0.0986. The summed E-state index contributed by atoms with van der Waals surface area (Å²) >= 11 is 0. The summed E-state index contributed by atoms with van der Waals surface area (Å²) in [5.41, 5.74) is 9.00. The maximum Gasteiger partial charge on any atom is 0.397 e. The third-order valence-corrected chi connectivity index (χ3v) is 9.73. The first-order chi connectivity index (χ1) is 24.7. The Kier molecular flexibility index (Phi) is 11.8. The minimum absolute atomic E-state index is 0.111. The SMILES string of the molecule is Cc1cc(=O)n(CCN(CCn2c(O)c(C(N)=O)c(C)cc2=O)c2nc(F)nc(Nc3ccc(S(=O)(=O)CCOS(=O)(=O)O)cc3)n2)c(O)c1C(N)=O. The fourth-order valence-corrected chi connectivity index (χ4v) is 6.56. The van der Waals surface area contributed by atoms with Crippen LogP contribution >= 0.6 is 0 Å². The van der Waals surface area contributed by atoms with Gasteiger partial charge in [-0.05, 0) is 49.2 Å². The lowest BCUT2D eigenvalue weighted by atomic mass is 10.1. The van der Waals surface area contributed by atoms with Crippen LogP contribution in [0.3, 0.4) is 0 Å². The molecule has 0 unspecified atom stereocenters. The molecule has 21 nitrogen and oxygen atoms in total. The topological polar surface area (TPSA) is 322 Å². The number of nitrogens with zero attached hydrogens (tertiary/aromatic N) is 6. The number of carbonyl (C=O) groups excluding carboxylic acids is 2. The third-order valence-electron chi connectivity index (χ3n) is 7.57. The van der Waals surface area contributed by atoms with Crippen molar-refractivity contribution in [3.63, 3.8) is 0 Å². The third kappa shape index (κ3) is 9.67. The first kappa shape index (κ1) is 39.8. The molecule has 0 aliphatic heterocycles. The van der Waals surface area contributed by atoms with Crippen molar-refractivity contribution in [3.05, 3.63) is 85.4 Å². The van der Waals surface area contributed by atoms with E-state index in [0.29, 0.717) is 0 Å². The number of rotatable bonds is 16. The van der Waals surface area contributed by atoms with Gasteiger partial charge in [0.1, 0.15) is 11.1 Å². The second-order valence-corrected chi connectivity index (χ2v) is 14.4. The lowest BCUT2D eigenvalue weighted by Gasteiger charge is -2.25. The van der Waals surface area contributed by atoms with Gasteiger partial charge in [-0.1, -0.05) is 0 Å². The molecule has 0 bridgehead atoms. The molecular weight excluding hydrogens is 750 g/mol. The quantitative estimate of drug-likeness (QED) is 0.0751. The van der Waals surface area contributed by atoms with Crippen LogP contribution in [0.25, 0.3) is 0 Å². The van der Waals surface area contributed by atoms with Crippen molar-refractivity contribution in [3.8, 4) is 11.8 Å². The average molecular weight is 782 g/mol. The minimum atomic E-state index is -4.85. The number of halogens is 1. The number of nitrogens with two attached hydrogens (primary N) is 2. The number of carbonyl (C=O) groups is 2. The summed E-state index contributed by atoms with van der Waals surface area (Å²) in [4.78, 5) is 62.0. The highest BCUT2D eigenvalue weighted by Crippen LogP contribution is 2.22. The molecule has 0 saturated heterocycles. The number of hydrogen-bond donors (Lipinski definition) is 6. The normalized spacial score (nSPS) is 11.7. The predicted molar refractivity (Wildman–Crippen MR) is 183 cm³/mol. The van der Waals surface area contributed by atoms with Gasteiger partial charge in [-0.2, -0.15) is 27.8 Å². The molecule has 3 aromatic heterocycles. The molecule has 4 rings (SSSR count). The van der Waals surface area contributed by atoms with E-state index in [1.54, 1.807) is 0 Å². The van der Waals surface area contributed by atoms with Gasteiger partial charge in [-0.3, -0.25) is 32.9 Å². The van der Waals surface area contributed by atoms with Crippen LogP contribution in [0.15, 0.2) is 50.9 Å². The number of primary amides is 2. The highest BCUT2D eigenvalue weighted by atomic mass is 32.3. The number of anilines is 3. The monoisotopic (exact) mass is 781 g/mol. The predicted octanol–water partition coefficient (Wildman–Crippen LogP) is -0.897. The maximum absolute atomic E-state index is 14.9. The van der Waals surface area contributed by atoms with E-state index in [-0.39, 0.29) is 59.0 Å². The van der Waals surface area contributed by atoms with Crippen molar-refractivity contribution >= 4 is 49.6 Å². The van der Waals surface area contributed by atoms with Gasteiger partial charge in [-0.25, -0.2) is 12.6 Å². The molecule has 3 heterocycles. The number of benzene rings is 1. The van der Waals surface area contributed by atoms with Gasteiger partial charge < -0.3 is 31.9 Å². The number of pyridine rings is 2. The molecule has 1 aromatic carbocycles. The standard InChI is InChI=1S/C29H32FN9O12S2/c1-15-13-19(40)38(25(44)21(15)23(31)42)9-7-37(8-10-39-20(41)14-16(2)22(24(32)43)26(39)45)29-35-27(30)34-28(36-29)33-17-3-5-18(6-4-17)52(46,47)12-11-51-53(48,49)50/h3-6,13-14,44-45H,7-12H2,1-2H3,(H2,31,42)(H2,32,43)(H,48,49,50)(H,33,34,35,36). The molecule has 53 heavy (non-hydrogen) atoms. The van der Waals surface area contributed by atoms with Crippen molar-refractivity contribution in [2.45, 2.75) is 31.8 Å². The Labute approximate surface area is 299 Å². The zero-order valence-corrected chi connectivity index (χ0v) is 29.4. The van der Waals surface area contributed by atoms with E-state index >= 15 is 0 Å². The summed E-state index contributed by atoms with van der Waals surface area (Å²) in [6.07, 6.45) is -1.32. The molecule has 0 radical (unpaired) electrons. The van der Waals surface area contributed by atoms with Crippen molar-refractivity contribution < 1.29 is 49.8 Å². The summed E-state index contributed by atoms with van der Waals surface area (Å²) < 4.78 is 75.7. The Morgan fingerprint density at radius 1 is 0.868 bits per heavy atom. The fourth-order valence-electron chi connectivity index (χ4n) is 5.07. The fraction of sp³-hybridized carbons (Fsp3) is 0.276. The van der Waals surface area contributed by atoms with Gasteiger partial charge in [0.15, 0.2) is 9.84 Å². The Hall–Kier alpha value is -5.98. The highest BCUT2D eigenvalue weighted by Gasteiger charge is 2.22. The van der Waals surface area contributed by atoms with E-state index < -0.39 is 85.3 Å². The minimum Gasteiger partial charge on any atom is -0.494 e. The molecule has 284 valence electrons. The Morgan fingerprint density at radius 2 is 1.36 bits per heavy atom. The van der Waals surface area contributed by atoms with E-state index in [1.165, 1.54) is 30.9 Å². The summed E-state index contributed by atoms with van der Waals surface area (Å²) in [5, 5.41) is 24.1. The van der Waals surface area contributed by atoms with Crippen LogP contribution < -0.4 is 32.8 Å². The summed E-state index contributed by atoms with van der Waals surface area (Å²) in [5.74, 6) is -5.13.